The highest BCUT2D eigenvalue weighted by Crippen LogP contribution is 2.13. The molecule has 6 nitrogen and oxygen atoms in total. The Labute approximate surface area is 97.9 Å². The van der Waals surface area contributed by atoms with Crippen LogP contribution in [0.5, 0.6) is 0 Å². The van der Waals surface area contributed by atoms with Crippen LogP contribution in [0.2, 0.25) is 0 Å². The number of oxazole rings is 1. The van der Waals surface area contributed by atoms with Gasteiger partial charge in [-0.3, -0.25) is 0 Å². The zero-order chi connectivity index (χ0) is 12.4. The lowest BCUT2D eigenvalue weighted by atomic mass is 10.3. The van der Waals surface area contributed by atoms with E-state index in [2.05, 4.69) is 10.1 Å². The molecule has 0 amide bonds. The summed E-state index contributed by atoms with van der Waals surface area (Å²) in [5.41, 5.74) is 1.76. The molecule has 0 unspecified atom stereocenters. The van der Waals surface area contributed by atoms with Crippen LogP contribution in [0, 0.1) is 0 Å². The summed E-state index contributed by atoms with van der Waals surface area (Å²) in [5, 5.41) is 13.1. The summed E-state index contributed by atoms with van der Waals surface area (Å²) < 4.78 is 6.67. The third-order valence-corrected chi connectivity index (χ3v) is 2.45. The second-order valence-corrected chi connectivity index (χ2v) is 3.57. The quantitative estimate of drug-likeness (QED) is 0.871. The van der Waals surface area contributed by atoms with Crippen molar-refractivity contribution >= 4 is 5.97 Å². The topological polar surface area (TPSA) is 81.2 Å². The molecule has 2 heterocycles. The Hall–Kier alpha value is -2.11. The number of carbonyl (C=O) groups is 1. The van der Waals surface area contributed by atoms with E-state index in [1.54, 1.807) is 4.68 Å². The Kier molecular flexibility index (Phi) is 2.95. The van der Waals surface area contributed by atoms with Crippen LogP contribution in [-0.2, 0) is 12.8 Å². The molecule has 90 valence electrons. The lowest BCUT2D eigenvalue weighted by molar-refractivity contribution is 0.0690. The molecule has 0 aromatic carbocycles. The third kappa shape index (κ3) is 2.06. The number of carboxylic acids is 1. The normalized spacial score (nSPS) is 10.7. The van der Waals surface area contributed by atoms with E-state index in [9.17, 15) is 4.79 Å². The minimum Gasteiger partial charge on any atom is -0.476 e. The van der Waals surface area contributed by atoms with E-state index in [0.717, 1.165) is 30.5 Å². The molecule has 0 saturated carbocycles. The second kappa shape index (κ2) is 4.40. The number of aryl methyl sites for hydroxylation is 2. The van der Waals surface area contributed by atoms with E-state index in [0.29, 0.717) is 0 Å². The molecule has 6 heteroatoms. The van der Waals surface area contributed by atoms with Crippen molar-refractivity contribution < 1.29 is 14.3 Å². The summed E-state index contributed by atoms with van der Waals surface area (Å²) in [4.78, 5) is 14.6. The van der Waals surface area contributed by atoms with Crippen LogP contribution in [0.1, 0.15) is 35.7 Å². The van der Waals surface area contributed by atoms with Crippen molar-refractivity contribution in [2.24, 2.45) is 0 Å². The predicted molar refractivity (Wildman–Crippen MR) is 59.3 cm³/mol. The maximum Gasteiger partial charge on any atom is 0.357 e. The van der Waals surface area contributed by atoms with Crippen LogP contribution in [0.4, 0.5) is 0 Å². The Morgan fingerprint density at radius 3 is 2.76 bits per heavy atom. The molecule has 1 N–H and O–H groups in total. The number of hydrogen-bond acceptors (Lipinski definition) is 4. The molecule has 0 aliphatic rings. The summed E-state index contributed by atoms with van der Waals surface area (Å²) in [5.74, 6) is -1.11. The van der Waals surface area contributed by atoms with Crippen molar-refractivity contribution in [3.8, 4) is 6.01 Å². The van der Waals surface area contributed by atoms with Crippen molar-refractivity contribution in [2.45, 2.75) is 26.7 Å². The summed E-state index contributed by atoms with van der Waals surface area (Å²) >= 11 is 0. The van der Waals surface area contributed by atoms with Crippen molar-refractivity contribution in [1.29, 1.82) is 0 Å². The standard InChI is InChI=1S/C11H13N3O3/c1-3-7-5-8(4-2)14(13-7)11-12-9(6-17-11)10(15)16/h5-6H,3-4H2,1-2H3,(H,15,16). The number of hydrogen-bond donors (Lipinski definition) is 1. The fourth-order valence-corrected chi connectivity index (χ4v) is 1.53. The molecule has 0 aliphatic heterocycles. The van der Waals surface area contributed by atoms with E-state index in [1.165, 1.54) is 0 Å². The molecule has 2 aromatic heterocycles. The molecule has 2 rings (SSSR count). The maximum absolute atomic E-state index is 10.7. The van der Waals surface area contributed by atoms with Gasteiger partial charge in [0, 0.05) is 5.69 Å². The van der Waals surface area contributed by atoms with E-state index in [1.807, 2.05) is 19.9 Å². The average Bonchev–Trinajstić information content (AvgIpc) is 2.94. The van der Waals surface area contributed by atoms with Crippen LogP contribution in [0.25, 0.3) is 6.01 Å². The third-order valence-electron chi connectivity index (χ3n) is 2.45. The Morgan fingerprint density at radius 2 is 2.24 bits per heavy atom. The van der Waals surface area contributed by atoms with Crippen LogP contribution in [0.3, 0.4) is 0 Å². The summed E-state index contributed by atoms with van der Waals surface area (Å²) in [6.45, 7) is 4.00. The molecular formula is C11H13N3O3. The molecule has 2 aromatic rings. The van der Waals surface area contributed by atoms with E-state index in [-0.39, 0.29) is 11.7 Å². The van der Waals surface area contributed by atoms with Gasteiger partial charge in [-0.05, 0) is 18.9 Å². The predicted octanol–water partition coefficient (Wildman–Crippen LogP) is 1.68. The van der Waals surface area contributed by atoms with Crippen LogP contribution < -0.4 is 0 Å². The molecule has 0 spiro atoms. The minimum atomic E-state index is -1.11. The molecule has 0 saturated heterocycles. The van der Waals surface area contributed by atoms with Crippen LogP contribution >= 0.6 is 0 Å². The molecule has 0 aliphatic carbocycles. The monoisotopic (exact) mass is 235 g/mol. The van der Waals surface area contributed by atoms with Crippen molar-refractivity contribution in [3.63, 3.8) is 0 Å². The highest BCUT2D eigenvalue weighted by Gasteiger charge is 2.15. The van der Waals surface area contributed by atoms with Gasteiger partial charge in [-0.15, -0.1) is 0 Å². The molecule has 17 heavy (non-hydrogen) atoms. The zero-order valence-corrected chi connectivity index (χ0v) is 9.67. The van der Waals surface area contributed by atoms with E-state index in [4.69, 9.17) is 9.52 Å². The molecule has 0 fully saturated rings. The fraction of sp³-hybridized carbons (Fsp3) is 0.364. The summed E-state index contributed by atoms with van der Waals surface area (Å²) in [7, 11) is 0. The summed E-state index contributed by atoms with van der Waals surface area (Å²) in [6, 6.07) is 2.16. The Bertz CT molecular complexity index is 542. The number of carboxylic acid groups (broad SMARTS) is 1. The van der Waals surface area contributed by atoms with E-state index >= 15 is 0 Å². The smallest absolute Gasteiger partial charge is 0.357 e. The largest absolute Gasteiger partial charge is 0.476 e. The first-order chi connectivity index (χ1) is 8.15. The van der Waals surface area contributed by atoms with Gasteiger partial charge < -0.3 is 9.52 Å². The molecule has 0 radical (unpaired) electrons. The number of aromatic carboxylic acids is 1. The molecule has 0 atom stereocenters. The first-order valence-corrected chi connectivity index (χ1v) is 5.42. The second-order valence-electron chi connectivity index (χ2n) is 3.57. The first-order valence-electron chi connectivity index (χ1n) is 5.42. The van der Waals surface area contributed by atoms with Crippen molar-refractivity contribution in [3.05, 3.63) is 29.4 Å². The Morgan fingerprint density at radius 1 is 1.47 bits per heavy atom. The van der Waals surface area contributed by atoms with Crippen LogP contribution in [-0.4, -0.2) is 25.8 Å². The van der Waals surface area contributed by atoms with E-state index < -0.39 is 5.97 Å². The average molecular weight is 235 g/mol. The Balaban J connectivity index is 2.43. The van der Waals surface area contributed by atoms with Gasteiger partial charge in [-0.2, -0.15) is 14.8 Å². The van der Waals surface area contributed by atoms with Gasteiger partial charge in [-0.1, -0.05) is 13.8 Å². The van der Waals surface area contributed by atoms with Crippen molar-refractivity contribution in [1.82, 2.24) is 14.8 Å². The van der Waals surface area contributed by atoms with Gasteiger partial charge in [0.25, 0.3) is 0 Å². The number of aromatic nitrogens is 3. The van der Waals surface area contributed by atoms with Crippen molar-refractivity contribution in [2.75, 3.05) is 0 Å². The van der Waals surface area contributed by atoms with Gasteiger partial charge in [0.15, 0.2) is 5.69 Å². The lowest BCUT2D eigenvalue weighted by Gasteiger charge is -1.98. The lowest BCUT2D eigenvalue weighted by Crippen LogP contribution is -2.03. The van der Waals surface area contributed by atoms with Gasteiger partial charge in [-0.25, -0.2) is 4.79 Å². The highest BCUT2D eigenvalue weighted by molar-refractivity contribution is 5.84. The molecule has 0 bridgehead atoms. The summed E-state index contributed by atoms with van der Waals surface area (Å²) in [6.07, 6.45) is 2.70. The SMILES string of the molecule is CCc1cc(CC)n(-c2nc(C(=O)O)co2)n1. The number of rotatable bonds is 4. The van der Waals surface area contributed by atoms with Gasteiger partial charge in [0.05, 0.1) is 5.69 Å². The van der Waals surface area contributed by atoms with Gasteiger partial charge in [0.2, 0.25) is 0 Å². The fourth-order valence-electron chi connectivity index (χ4n) is 1.53. The van der Waals surface area contributed by atoms with Gasteiger partial charge >= 0.3 is 12.0 Å². The van der Waals surface area contributed by atoms with Crippen LogP contribution in [0.15, 0.2) is 16.7 Å². The number of nitrogens with zero attached hydrogens (tertiary/aromatic N) is 3. The highest BCUT2D eigenvalue weighted by atomic mass is 16.4. The maximum atomic E-state index is 10.7. The zero-order valence-electron chi connectivity index (χ0n) is 9.67. The van der Waals surface area contributed by atoms with Gasteiger partial charge in [0.1, 0.15) is 6.26 Å². The molecular weight excluding hydrogens is 222 g/mol. The first kappa shape index (κ1) is 11.4. The minimum absolute atomic E-state index is 0.115.